The topological polar surface area (TPSA) is 86.0 Å². The summed E-state index contributed by atoms with van der Waals surface area (Å²) in [7, 11) is 0. The van der Waals surface area contributed by atoms with Gasteiger partial charge in [-0.3, -0.25) is 0 Å². The minimum absolute atomic E-state index is 0.245. The lowest BCUT2D eigenvalue weighted by Gasteiger charge is -2.11. The summed E-state index contributed by atoms with van der Waals surface area (Å²) >= 11 is 0. The highest BCUT2D eigenvalue weighted by Crippen LogP contribution is 2.18. The molecule has 0 amide bonds. The van der Waals surface area contributed by atoms with E-state index in [1.165, 1.54) is 0 Å². The Bertz CT molecular complexity index is 553. The second-order valence-electron chi connectivity index (χ2n) is 4.32. The fraction of sp³-hybridized carbons (Fsp3) is 0.417. The van der Waals surface area contributed by atoms with Crippen LogP contribution in [0.1, 0.15) is 12.8 Å². The lowest BCUT2D eigenvalue weighted by atomic mass is 10.2. The van der Waals surface area contributed by atoms with Crippen LogP contribution in [0.5, 0.6) is 0 Å². The van der Waals surface area contributed by atoms with Crippen LogP contribution in [-0.2, 0) is 4.74 Å². The second kappa shape index (κ2) is 4.73. The zero-order valence-corrected chi connectivity index (χ0v) is 9.97. The van der Waals surface area contributed by atoms with Gasteiger partial charge in [0, 0.05) is 19.3 Å². The Labute approximate surface area is 105 Å². The molecular weight excluding hydrogens is 230 g/mol. The van der Waals surface area contributed by atoms with Crippen LogP contribution in [-0.4, -0.2) is 34.2 Å². The van der Waals surface area contributed by atoms with E-state index in [-0.39, 0.29) is 6.10 Å². The Hall–Kier alpha value is -1.95. The van der Waals surface area contributed by atoms with E-state index in [0.29, 0.717) is 24.0 Å². The SMILES string of the molecule is Nc1nc(NCC2CCCO2)nc2ncccc12. The zero-order valence-electron chi connectivity index (χ0n) is 9.97. The van der Waals surface area contributed by atoms with Gasteiger partial charge in [0.25, 0.3) is 0 Å². The molecule has 0 saturated carbocycles. The van der Waals surface area contributed by atoms with Crippen molar-refractivity contribution in [2.24, 2.45) is 0 Å². The summed E-state index contributed by atoms with van der Waals surface area (Å²) in [6.07, 6.45) is 4.14. The van der Waals surface area contributed by atoms with E-state index in [1.54, 1.807) is 6.20 Å². The van der Waals surface area contributed by atoms with E-state index in [2.05, 4.69) is 20.3 Å². The standard InChI is InChI=1S/C12H15N5O/c13-10-9-4-1-5-14-11(9)17-12(16-10)15-7-8-3-2-6-18-8/h1,4-5,8H,2-3,6-7H2,(H3,13,14,15,16,17). The molecule has 3 N–H and O–H groups in total. The van der Waals surface area contributed by atoms with E-state index in [4.69, 9.17) is 10.5 Å². The Balaban J connectivity index is 1.79. The molecule has 1 unspecified atom stereocenters. The number of aromatic nitrogens is 3. The van der Waals surface area contributed by atoms with Crippen molar-refractivity contribution in [2.75, 3.05) is 24.2 Å². The van der Waals surface area contributed by atoms with Gasteiger partial charge in [-0.05, 0) is 25.0 Å². The molecule has 6 heteroatoms. The van der Waals surface area contributed by atoms with Crippen molar-refractivity contribution in [1.82, 2.24) is 15.0 Å². The van der Waals surface area contributed by atoms with Crippen molar-refractivity contribution in [1.29, 1.82) is 0 Å². The molecule has 18 heavy (non-hydrogen) atoms. The molecule has 2 aromatic rings. The summed E-state index contributed by atoms with van der Waals surface area (Å²) in [4.78, 5) is 12.7. The average molecular weight is 245 g/mol. The lowest BCUT2D eigenvalue weighted by molar-refractivity contribution is 0.120. The predicted molar refractivity (Wildman–Crippen MR) is 69.2 cm³/mol. The predicted octanol–water partition coefficient (Wildman–Crippen LogP) is 1.20. The first-order chi connectivity index (χ1) is 8.83. The van der Waals surface area contributed by atoms with Gasteiger partial charge in [0.15, 0.2) is 5.65 Å². The van der Waals surface area contributed by atoms with Gasteiger partial charge in [-0.2, -0.15) is 9.97 Å². The van der Waals surface area contributed by atoms with Gasteiger partial charge in [0.2, 0.25) is 5.95 Å². The van der Waals surface area contributed by atoms with Gasteiger partial charge in [-0.25, -0.2) is 4.98 Å². The molecule has 3 rings (SSSR count). The van der Waals surface area contributed by atoms with E-state index < -0.39 is 0 Å². The highest BCUT2D eigenvalue weighted by atomic mass is 16.5. The van der Waals surface area contributed by atoms with E-state index in [0.717, 1.165) is 24.8 Å². The Morgan fingerprint density at radius 3 is 3.22 bits per heavy atom. The molecule has 0 aliphatic carbocycles. The molecule has 1 saturated heterocycles. The third-order valence-corrected chi connectivity index (χ3v) is 3.01. The third kappa shape index (κ3) is 2.19. The number of fused-ring (bicyclic) bond motifs is 1. The Morgan fingerprint density at radius 2 is 2.39 bits per heavy atom. The molecule has 3 heterocycles. The van der Waals surface area contributed by atoms with Gasteiger partial charge >= 0.3 is 0 Å². The largest absolute Gasteiger partial charge is 0.383 e. The molecule has 0 aromatic carbocycles. The highest BCUT2D eigenvalue weighted by molar-refractivity contribution is 5.85. The van der Waals surface area contributed by atoms with E-state index >= 15 is 0 Å². The van der Waals surface area contributed by atoms with Crippen molar-refractivity contribution < 1.29 is 4.74 Å². The fourth-order valence-electron chi connectivity index (χ4n) is 2.08. The van der Waals surface area contributed by atoms with Gasteiger partial charge in [0.1, 0.15) is 5.82 Å². The maximum absolute atomic E-state index is 5.88. The number of pyridine rings is 1. The number of anilines is 2. The summed E-state index contributed by atoms with van der Waals surface area (Å²) in [6, 6.07) is 3.68. The molecule has 0 spiro atoms. The number of ether oxygens (including phenoxy) is 1. The molecule has 94 valence electrons. The van der Waals surface area contributed by atoms with Crippen molar-refractivity contribution in [2.45, 2.75) is 18.9 Å². The van der Waals surface area contributed by atoms with Gasteiger partial charge in [-0.15, -0.1) is 0 Å². The lowest BCUT2D eigenvalue weighted by Crippen LogP contribution is -2.20. The van der Waals surface area contributed by atoms with Crippen LogP contribution in [0.2, 0.25) is 0 Å². The molecule has 0 bridgehead atoms. The van der Waals surface area contributed by atoms with Gasteiger partial charge in [-0.1, -0.05) is 0 Å². The summed E-state index contributed by atoms with van der Waals surface area (Å²) in [5.41, 5.74) is 6.49. The van der Waals surface area contributed by atoms with Crippen molar-refractivity contribution in [3.05, 3.63) is 18.3 Å². The van der Waals surface area contributed by atoms with Crippen molar-refractivity contribution >= 4 is 22.8 Å². The normalized spacial score (nSPS) is 19.2. The van der Waals surface area contributed by atoms with Crippen LogP contribution < -0.4 is 11.1 Å². The number of hydrogen-bond acceptors (Lipinski definition) is 6. The maximum atomic E-state index is 5.88. The molecule has 0 radical (unpaired) electrons. The number of nitrogens with zero attached hydrogens (tertiary/aromatic N) is 3. The zero-order chi connectivity index (χ0) is 12.4. The number of nitrogens with one attached hydrogen (secondary N) is 1. The minimum atomic E-state index is 0.245. The third-order valence-electron chi connectivity index (χ3n) is 3.01. The molecule has 2 aromatic heterocycles. The molecule has 1 fully saturated rings. The molecule has 6 nitrogen and oxygen atoms in total. The van der Waals surface area contributed by atoms with Crippen molar-refractivity contribution in [3.63, 3.8) is 0 Å². The summed E-state index contributed by atoms with van der Waals surface area (Å²) in [5.74, 6) is 0.956. The molecule has 1 aliphatic rings. The summed E-state index contributed by atoms with van der Waals surface area (Å²) in [6.45, 7) is 1.55. The smallest absolute Gasteiger partial charge is 0.226 e. The Morgan fingerprint density at radius 1 is 1.44 bits per heavy atom. The van der Waals surface area contributed by atoms with Crippen LogP contribution in [0.25, 0.3) is 11.0 Å². The van der Waals surface area contributed by atoms with Crippen molar-refractivity contribution in [3.8, 4) is 0 Å². The number of rotatable bonds is 3. The van der Waals surface area contributed by atoms with Crippen LogP contribution >= 0.6 is 0 Å². The average Bonchev–Trinajstić information content (AvgIpc) is 2.90. The second-order valence-corrected chi connectivity index (χ2v) is 4.32. The molecule has 1 aliphatic heterocycles. The first kappa shape index (κ1) is 11.2. The van der Waals surface area contributed by atoms with Crippen LogP contribution in [0.4, 0.5) is 11.8 Å². The van der Waals surface area contributed by atoms with E-state index in [9.17, 15) is 0 Å². The van der Waals surface area contributed by atoms with E-state index in [1.807, 2.05) is 12.1 Å². The number of hydrogen-bond donors (Lipinski definition) is 2. The number of nitrogens with two attached hydrogens (primary N) is 1. The first-order valence-electron chi connectivity index (χ1n) is 6.06. The fourth-order valence-corrected chi connectivity index (χ4v) is 2.08. The number of nitrogen functional groups attached to an aromatic ring is 1. The quantitative estimate of drug-likeness (QED) is 0.845. The summed E-state index contributed by atoms with van der Waals surface area (Å²) < 4.78 is 5.53. The van der Waals surface area contributed by atoms with Crippen LogP contribution in [0.15, 0.2) is 18.3 Å². The summed E-state index contributed by atoms with van der Waals surface area (Å²) in [5, 5.41) is 3.93. The Kier molecular flexibility index (Phi) is 2.93. The monoisotopic (exact) mass is 245 g/mol. The van der Waals surface area contributed by atoms with Gasteiger partial charge in [0.05, 0.1) is 11.5 Å². The van der Waals surface area contributed by atoms with Gasteiger partial charge < -0.3 is 15.8 Å². The first-order valence-corrected chi connectivity index (χ1v) is 6.06. The van der Waals surface area contributed by atoms with Crippen LogP contribution in [0, 0.1) is 0 Å². The maximum Gasteiger partial charge on any atom is 0.226 e. The minimum Gasteiger partial charge on any atom is -0.383 e. The molecular formula is C12H15N5O. The highest BCUT2D eigenvalue weighted by Gasteiger charge is 2.15. The van der Waals surface area contributed by atoms with Crippen LogP contribution in [0.3, 0.4) is 0 Å². The molecule has 1 atom stereocenters.